The lowest BCUT2D eigenvalue weighted by atomic mass is 10.2. The number of amides is 1. The Labute approximate surface area is 84.1 Å². The van der Waals surface area contributed by atoms with Gasteiger partial charge in [0.05, 0.1) is 19.8 Å². The highest BCUT2D eigenvalue weighted by atomic mass is 16.5. The van der Waals surface area contributed by atoms with Gasteiger partial charge >= 0.3 is 6.09 Å². The molecule has 1 heterocycles. The minimum absolute atomic E-state index is 0.295. The van der Waals surface area contributed by atoms with E-state index in [0.717, 1.165) is 32.5 Å². The highest BCUT2D eigenvalue weighted by molar-refractivity contribution is 5.66. The normalized spacial score (nSPS) is 21.6. The molecule has 2 N–H and O–H groups in total. The van der Waals surface area contributed by atoms with Crippen LogP contribution in [0, 0.1) is 0 Å². The number of morpholine rings is 1. The second-order valence-corrected chi connectivity index (χ2v) is 3.26. The summed E-state index contributed by atoms with van der Waals surface area (Å²) in [7, 11) is 1.36. The van der Waals surface area contributed by atoms with E-state index < -0.39 is 0 Å². The zero-order valence-corrected chi connectivity index (χ0v) is 8.54. The SMILES string of the molecule is COC(=O)NCCCC1CNCCO1. The summed E-state index contributed by atoms with van der Waals surface area (Å²) in [4.78, 5) is 10.7. The third kappa shape index (κ3) is 4.43. The average Bonchev–Trinajstić information content (AvgIpc) is 2.25. The fraction of sp³-hybridized carbons (Fsp3) is 0.889. The zero-order chi connectivity index (χ0) is 10.2. The monoisotopic (exact) mass is 202 g/mol. The predicted octanol–water partition coefficient (Wildman–Crippen LogP) is 0.111. The van der Waals surface area contributed by atoms with Gasteiger partial charge in [0, 0.05) is 19.6 Å². The number of hydrogen-bond acceptors (Lipinski definition) is 4. The van der Waals surface area contributed by atoms with Crippen LogP contribution in [0.15, 0.2) is 0 Å². The van der Waals surface area contributed by atoms with Gasteiger partial charge in [-0.15, -0.1) is 0 Å². The van der Waals surface area contributed by atoms with Crippen molar-refractivity contribution in [3.8, 4) is 0 Å². The Hall–Kier alpha value is -0.810. The summed E-state index contributed by atoms with van der Waals surface area (Å²) in [5, 5.41) is 5.89. The molecule has 1 unspecified atom stereocenters. The molecule has 1 fully saturated rings. The van der Waals surface area contributed by atoms with Gasteiger partial charge in [-0.3, -0.25) is 0 Å². The highest BCUT2D eigenvalue weighted by Crippen LogP contribution is 2.03. The first-order valence-electron chi connectivity index (χ1n) is 4.97. The van der Waals surface area contributed by atoms with E-state index >= 15 is 0 Å². The smallest absolute Gasteiger partial charge is 0.406 e. The molecule has 0 aliphatic carbocycles. The van der Waals surface area contributed by atoms with Crippen molar-refractivity contribution >= 4 is 6.09 Å². The fourth-order valence-electron chi connectivity index (χ4n) is 1.40. The van der Waals surface area contributed by atoms with E-state index in [0.29, 0.717) is 12.6 Å². The van der Waals surface area contributed by atoms with Crippen LogP contribution in [0.4, 0.5) is 4.79 Å². The van der Waals surface area contributed by atoms with Crippen LogP contribution in [0.25, 0.3) is 0 Å². The Bertz CT molecular complexity index is 169. The van der Waals surface area contributed by atoms with Gasteiger partial charge in [0.25, 0.3) is 0 Å². The molecule has 1 aliphatic rings. The van der Waals surface area contributed by atoms with Crippen molar-refractivity contribution < 1.29 is 14.3 Å². The van der Waals surface area contributed by atoms with E-state index in [1.54, 1.807) is 0 Å². The molecule has 0 saturated carbocycles. The second-order valence-electron chi connectivity index (χ2n) is 3.26. The zero-order valence-electron chi connectivity index (χ0n) is 8.54. The summed E-state index contributed by atoms with van der Waals surface area (Å²) in [5.74, 6) is 0. The third-order valence-corrected chi connectivity index (χ3v) is 2.16. The quantitative estimate of drug-likeness (QED) is 0.635. The van der Waals surface area contributed by atoms with E-state index in [9.17, 15) is 4.79 Å². The van der Waals surface area contributed by atoms with Crippen LogP contribution in [-0.2, 0) is 9.47 Å². The molecule has 0 aromatic heterocycles. The molecule has 1 saturated heterocycles. The summed E-state index contributed by atoms with van der Waals surface area (Å²) in [6.07, 6.45) is 1.81. The van der Waals surface area contributed by atoms with Crippen molar-refractivity contribution in [1.82, 2.24) is 10.6 Å². The first kappa shape index (κ1) is 11.3. The molecule has 1 atom stereocenters. The lowest BCUT2D eigenvalue weighted by Crippen LogP contribution is -2.38. The predicted molar refractivity (Wildman–Crippen MR) is 52.3 cm³/mol. The van der Waals surface area contributed by atoms with Crippen molar-refractivity contribution in [2.45, 2.75) is 18.9 Å². The summed E-state index contributed by atoms with van der Waals surface area (Å²) < 4.78 is 9.95. The molecule has 0 bridgehead atoms. The third-order valence-electron chi connectivity index (χ3n) is 2.16. The van der Waals surface area contributed by atoms with Gasteiger partial charge in [-0.25, -0.2) is 4.79 Å². The average molecular weight is 202 g/mol. The molecule has 82 valence electrons. The number of ether oxygens (including phenoxy) is 2. The van der Waals surface area contributed by atoms with Crippen molar-refractivity contribution in [2.75, 3.05) is 33.4 Å². The van der Waals surface area contributed by atoms with Crippen LogP contribution in [-0.4, -0.2) is 45.5 Å². The minimum Gasteiger partial charge on any atom is -0.453 e. The number of rotatable bonds is 4. The molecule has 0 spiro atoms. The van der Waals surface area contributed by atoms with Gasteiger partial charge in [0.2, 0.25) is 0 Å². The van der Waals surface area contributed by atoms with Crippen LogP contribution in [0.1, 0.15) is 12.8 Å². The summed E-state index contributed by atoms with van der Waals surface area (Å²) in [6, 6.07) is 0. The molecule has 1 rings (SSSR count). The van der Waals surface area contributed by atoms with Crippen molar-refractivity contribution in [3.05, 3.63) is 0 Å². The molecule has 0 aromatic carbocycles. The van der Waals surface area contributed by atoms with Crippen LogP contribution < -0.4 is 10.6 Å². The van der Waals surface area contributed by atoms with Gasteiger partial charge in [-0.2, -0.15) is 0 Å². The molecular weight excluding hydrogens is 184 g/mol. The first-order chi connectivity index (χ1) is 6.83. The summed E-state index contributed by atoms with van der Waals surface area (Å²) in [5.41, 5.74) is 0. The maximum absolute atomic E-state index is 10.7. The topological polar surface area (TPSA) is 59.6 Å². The van der Waals surface area contributed by atoms with Gasteiger partial charge in [0.15, 0.2) is 0 Å². The van der Waals surface area contributed by atoms with Gasteiger partial charge in [0.1, 0.15) is 0 Å². The highest BCUT2D eigenvalue weighted by Gasteiger charge is 2.12. The molecule has 0 aromatic rings. The number of hydrogen-bond donors (Lipinski definition) is 2. The number of carbonyl (C=O) groups is 1. The van der Waals surface area contributed by atoms with Crippen LogP contribution in [0.3, 0.4) is 0 Å². The van der Waals surface area contributed by atoms with E-state index in [2.05, 4.69) is 15.4 Å². The Balaban J connectivity index is 1.94. The van der Waals surface area contributed by atoms with E-state index in [1.807, 2.05) is 0 Å². The molecule has 5 nitrogen and oxygen atoms in total. The minimum atomic E-state index is -0.368. The standard InChI is InChI=1S/C9H18N2O3/c1-13-9(12)11-4-2-3-8-7-10-5-6-14-8/h8,10H,2-7H2,1H3,(H,11,12). The van der Waals surface area contributed by atoms with Crippen LogP contribution in [0.5, 0.6) is 0 Å². The largest absolute Gasteiger partial charge is 0.453 e. The van der Waals surface area contributed by atoms with Gasteiger partial charge in [-0.1, -0.05) is 0 Å². The number of alkyl carbamates (subject to hydrolysis) is 1. The van der Waals surface area contributed by atoms with Gasteiger partial charge in [-0.05, 0) is 12.8 Å². The van der Waals surface area contributed by atoms with Gasteiger partial charge < -0.3 is 20.1 Å². The summed E-state index contributed by atoms with van der Waals surface area (Å²) in [6.45, 7) is 3.29. The molecule has 1 amide bonds. The van der Waals surface area contributed by atoms with Crippen LogP contribution >= 0.6 is 0 Å². The lowest BCUT2D eigenvalue weighted by molar-refractivity contribution is 0.0225. The van der Waals surface area contributed by atoms with E-state index in [1.165, 1.54) is 7.11 Å². The van der Waals surface area contributed by atoms with Crippen LogP contribution in [0.2, 0.25) is 0 Å². The maximum atomic E-state index is 10.7. The number of carbonyl (C=O) groups excluding carboxylic acids is 1. The van der Waals surface area contributed by atoms with E-state index in [4.69, 9.17) is 4.74 Å². The Morgan fingerprint density at radius 3 is 3.21 bits per heavy atom. The Morgan fingerprint density at radius 2 is 2.57 bits per heavy atom. The first-order valence-corrected chi connectivity index (χ1v) is 4.97. The Kier molecular flexibility index (Phi) is 5.32. The number of nitrogens with one attached hydrogen (secondary N) is 2. The molecule has 0 radical (unpaired) electrons. The van der Waals surface area contributed by atoms with Crippen molar-refractivity contribution in [3.63, 3.8) is 0 Å². The lowest BCUT2D eigenvalue weighted by Gasteiger charge is -2.23. The number of methoxy groups -OCH3 is 1. The Morgan fingerprint density at radius 1 is 1.71 bits per heavy atom. The molecular formula is C9H18N2O3. The van der Waals surface area contributed by atoms with E-state index in [-0.39, 0.29) is 6.09 Å². The van der Waals surface area contributed by atoms with Crippen molar-refractivity contribution in [1.29, 1.82) is 0 Å². The maximum Gasteiger partial charge on any atom is 0.406 e. The summed E-state index contributed by atoms with van der Waals surface area (Å²) >= 11 is 0. The molecule has 1 aliphatic heterocycles. The fourth-order valence-corrected chi connectivity index (χ4v) is 1.40. The molecule has 5 heteroatoms. The molecule has 14 heavy (non-hydrogen) atoms. The second kappa shape index (κ2) is 6.62. The van der Waals surface area contributed by atoms with Crippen molar-refractivity contribution in [2.24, 2.45) is 0 Å².